The van der Waals surface area contributed by atoms with E-state index in [1.807, 2.05) is 12.1 Å². The molecule has 26 heavy (non-hydrogen) atoms. The first-order valence-electron chi connectivity index (χ1n) is 9.12. The van der Waals surface area contributed by atoms with Crippen molar-refractivity contribution in [2.45, 2.75) is 41.5 Å². The highest BCUT2D eigenvalue weighted by molar-refractivity contribution is 7.91. The van der Waals surface area contributed by atoms with Gasteiger partial charge in [-0.25, -0.2) is 12.8 Å². The van der Waals surface area contributed by atoms with E-state index in [1.165, 1.54) is 24.3 Å². The minimum atomic E-state index is -3.64. The molecule has 0 saturated carbocycles. The number of anilines is 1. The Morgan fingerprint density at radius 2 is 1.77 bits per heavy atom. The summed E-state index contributed by atoms with van der Waals surface area (Å²) >= 11 is 0. The first-order chi connectivity index (χ1) is 12.5. The van der Waals surface area contributed by atoms with Gasteiger partial charge >= 0.3 is 0 Å². The summed E-state index contributed by atoms with van der Waals surface area (Å²) in [5, 5.41) is 3.58. The number of fused-ring (bicyclic) bond motifs is 3. The normalized spacial score (nSPS) is 23.0. The summed E-state index contributed by atoms with van der Waals surface area (Å²) in [5.74, 6) is -0.103. The van der Waals surface area contributed by atoms with Gasteiger partial charge in [0.25, 0.3) is 0 Å². The zero-order valence-corrected chi connectivity index (χ0v) is 15.6. The topological polar surface area (TPSA) is 49.4 Å². The van der Waals surface area contributed by atoms with Crippen molar-refractivity contribution in [3.63, 3.8) is 0 Å². The highest BCUT2D eigenvalue weighted by atomic mass is 32.2. The van der Waals surface area contributed by atoms with Gasteiger partial charge in [0, 0.05) is 24.2 Å². The fourth-order valence-corrected chi connectivity index (χ4v) is 5.41. The lowest BCUT2D eigenvalue weighted by Crippen LogP contribution is -2.25. The molecule has 4 rings (SSSR count). The monoisotopic (exact) mass is 374 g/mol. The molecule has 138 valence electrons. The summed E-state index contributed by atoms with van der Waals surface area (Å²) in [7, 11) is -3.64. The second-order valence-electron chi connectivity index (χ2n) is 7.08. The maximum Gasteiger partial charge on any atom is 0.206 e. The number of benzene rings is 2. The summed E-state index contributed by atoms with van der Waals surface area (Å²) in [6, 6.07) is 10.7. The molecule has 1 N–H and O–H groups in total. The third kappa shape index (κ3) is 3.01. The molecule has 2 heterocycles. The van der Waals surface area contributed by atoms with Gasteiger partial charge < -0.3 is 10.2 Å². The Labute approximate surface area is 153 Å². The van der Waals surface area contributed by atoms with E-state index in [0.29, 0.717) is 12.0 Å². The van der Waals surface area contributed by atoms with Crippen LogP contribution in [0.15, 0.2) is 52.3 Å². The number of halogens is 1. The van der Waals surface area contributed by atoms with Crippen molar-refractivity contribution in [1.82, 2.24) is 4.90 Å². The van der Waals surface area contributed by atoms with Gasteiger partial charge in [-0.05, 0) is 74.0 Å². The Kier molecular flexibility index (Phi) is 4.49. The van der Waals surface area contributed by atoms with Crippen molar-refractivity contribution in [1.29, 1.82) is 0 Å². The summed E-state index contributed by atoms with van der Waals surface area (Å²) in [6.07, 6.45) is 2.09. The fourth-order valence-electron chi connectivity index (χ4n) is 4.11. The first-order valence-corrected chi connectivity index (χ1v) is 10.6. The van der Waals surface area contributed by atoms with E-state index >= 15 is 0 Å². The van der Waals surface area contributed by atoms with E-state index in [4.69, 9.17) is 0 Å². The predicted molar refractivity (Wildman–Crippen MR) is 99.8 cm³/mol. The van der Waals surface area contributed by atoms with Gasteiger partial charge in [0.15, 0.2) is 0 Å². The van der Waals surface area contributed by atoms with E-state index < -0.39 is 15.7 Å². The SMILES string of the molecule is CCN1CCC2Nc3ccc(S(=O)(=O)c4ccc(F)cc4)cc3[C@H]2CC1. The molecule has 2 aliphatic heterocycles. The van der Waals surface area contributed by atoms with Crippen molar-refractivity contribution in [3.8, 4) is 0 Å². The van der Waals surface area contributed by atoms with Crippen molar-refractivity contribution in [2.75, 3.05) is 25.0 Å². The van der Waals surface area contributed by atoms with E-state index in [1.54, 1.807) is 6.07 Å². The second-order valence-corrected chi connectivity index (χ2v) is 9.03. The van der Waals surface area contributed by atoms with Crippen LogP contribution >= 0.6 is 0 Å². The van der Waals surface area contributed by atoms with Crippen LogP contribution in [0.2, 0.25) is 0 Å². The molecule has 0 amide bonds. The van der Waals surface area contributed by atoms with Crippen LogP contribution in [0.5, 0.6) is 0 Å². The average molecular weight is 374 g/mol. The zero-order valence-electron chi connectivity index (χ0n) is 14.8. The Morgan fingerprint density at radius 1 is 1.08 bits per heavy atom. The fraction of sp³-hybridized carbons (Fsp3) is 0.400. The number of nitrogens with zero attached hydrogens (tertiary/aromatic N) is 1. The van der Waals surface area contributed by atoms with Crippen molar-refractivity contribution in [2.24, 2.45) is 0 Å². The molecule has 0 radical (unpaired) electrons. The van der Waals surface area contributed by atoms with Gasteiger partial charge in [0.05, 0.1) is 9.79 Å². The molecule has 4 nitrogen and oxygen atoms in total. The largest absolute Gasteiger partial charge is 0.381 e. The summed E-state index contributed by atoms with van der Waals surface area (Å²) in [5.41, 5.74) is 2.14. The van der Waals surface area contributed by atoms with Gasteiger partial charge in [-0.1, -0.05) is 6.92 Å². The molecule has 0 spiro atoms. The molecule has 0 aliphatic carbocycles. The van der Waals surface area contributed by atoms with Crippen molar-refractivity contribution >= 4 is 15.5 Å². The van der Waals surface area contributed by atoms with Gasteiger partial charge in [0.1, 0.15) is 5.82 Å². The summed E-state index contributed by atoms with van der Waals surface area (Å²) in [6.45, 7) is 5.33. The minimum Gasteiger partial charge on any atom is -0.381 e. The summed E-state index contributed by atoms with van der Waals surface area (Å²) < 4.78 is 39.0. The van der Waals surface area contributed by atoms with Crippen LogP contribution in [0.4, 0.5) is 10.1 Å². The maximum atomic E-state index is 13.1. The molecular weight excluding hydrogens is 351 g/mol. The zero-order chi connectivity index (χ0) is 18.3. The lowest BCUT2D eigenvalue weighted by atomic mass is 9.91. The predicted octanol–water partition coefficient (Wildman–Crippen LogP) is 3.65. The molecule has 1 fully saturated rings. The molecule has 1 unspecified atom stereocenters. The average Bonchev–Trinajstić information content (AvgIpc) is 2.86. The Bertz CT molecular complexity index is 912. The molecule has 2 atom stereocenters. The van der Waals surface area contributed by atoms with Crippen LogP contribution in [0, 0.1) is 5.82 Å². The quantitative estimate of drug-likeness (QED) is 0.833. The van der Waals surface area contributed by atoms with Gasteiger partial charge in [-0.2, -0.15) is 0 Å². The maximum absolute atomic E-state index is 13.1. The molecule has 2 aliphatic rings. The third-order valence-corrected chi connectivity index (χ3v) is 7.41. The van der Waals surface area contributed by atoms with Gasteiger partial charge in [-0.15, -0.1) is 0 Å². The third-order valence-electron chi connectivity index (χ3n) is 5.64. The van der Waals surface area contributed by atoms with Crippen LogP contribution in [-0.4, -0.2) is 39.0 Å². The highest BCUT2D eigenvalue weighted by Gasteiger charge is 2.35. The number of hydrogen-bond acceptors (Lipinski definition) is 4. The van der Waals surface area contributed by atoms with Crippen LogP contribution in [0.3, 0.4) is 0 Å². The number of nitrogens with one attached hydrogen (secondary N) is 1. The van der Waals surface area contributed by atoms with Gasteiger partial charge in [-0.3, -0.25) is 0 Å². The van der Waals surface area contributed by atoms with Crippen LogP contribution < -0.4 is 5.32 Å². The van der Waals surface area contributed by atoms with E-state index in [-0.39, 0.29) is 9.79 Å². The number of sulfone groups is 1. The highest BCUT2D eigenvalue weighted by Crippen LogP contribution is 2.42. The summed E-state index contributed by atoms with van der Waals surface area (Å²) in [4.78, 5) is 2.85. The molecule has 6 heteroatoms. The standard InChI is InChI=1S/C20H23FN2O2S/c1-2-23-11-9-17-18-13-16(7-8-19(18)22-20(17)10-12-23)26(24,25)15-5-3-14(21)4-6-15/h3-8,13,17,20,22H,2,9-12H2,1H3/t17-,20?/m1/s1. The smallest absolute Gasteiger partial charge is 0.206 e. The molecular formula is C20H23FN2O2S. The van der Waals surface area contributed by atoms with E-state index in [0.717, 1.165) is 43.7 Å². The Hall–Kier alpha value is -1.92. The molecule has 2 aromatic carbocycles. The first kappa shape index (κ1) is 17.5. The Morgan fingerprint density at radius 3 is 2.50 bits per heavy atom. The van der Waals surface area contributed by atoms with Gasteiger partial charge in [0.2, 0.25) is 9.84 Å². The van der Waals surface area contributed by atoms with E-state index in [9.17, 15) is 12.8 Å². The number of rotatable bonds is 3. The number of hydrogen-bond donors (Lipinski definition) is 1. The van der Waals surface area contributed by atoms with E-state index in [2.05, 4.69) is 17.1 Å². The molecule has 1 saturated heterocycles. The second kappa shape index (κ2) is 6.67. The molecule has 0 bridgehead atoms. The lowest BCUT2D eigenvalue weighted by Gasteiger charge is -2.17. The van der Waals surface area contributed by atoms with Crippen LogP contribution in [-0.2, 0) is 9.84 Å². The van der Waals surface area contributed by atoms with Crippen LogP contribution in [0.25, 0.3) is 0 Å². The number of likely N-dealkylation sites (tertiary alicyclic amines) is 1. The molecule has 0 aromatic heterocycles. The van der Waals surface area contributed by atoms with Crippen molar-refractivity contribution in [3.05, 3.63) is 53.8 Å². The molecule has 2 aromatic rings. The Balaban J connectivity index is 1.68. The minimum absolute atomic E-state index is 0.124. The van der Waals surface area contributed by atoms with Crippen molar-refractivity contribution < 1.29 is 12.8 Å². The lowest BCUT2D eigenvalue weighted by molar-refractivity contribution is 0.298. The van der Waals surface area contributed by atoms with Crippen LogP contribution in [0.1, 0.15) is 31.2 Å².